The highest BCUT2D eigenvalue weighted by molar-refractivity contribution is 5.96. The number of aromatic nitrogens is 4. The molecule has 8 heteroatoms. The van der Waals surface area contributed by atoms with Gasteiger partial charge in [0.05, 0.1) is 24.9 Å². The van der Waals surface area contributed by atoms with Gasteiger partial charge in [-0.2, -0.15) is 10.1 Å². The third-order valence-electron chi connectivity index (χ3n) is 4.24. The number of nitrogens with two attached hydrogens (primary N) is 1. The first-order valence-electron chi connectivity index (χ1n) is 7.49. The fourth-order valence-electron chi connectivity index (χ4n) is 2.92. The Kier molecular flexibility index (Phi) is 3.89. The predicted octanol–water partition coefficient (Wildman–Crippen LogP) is 1.09. The van der Waals surface area contributed by atoms with Gasteiger partial charge in [0.2, 0.25) is 5.95 Å². The third-order valence-corrected chi connectivity index (χ3v) is 4.24. The van der Waals surface area contributed by atoms with Gasteiger partial charge in [-0.25, -0.2) is 4.68 Å². The predicted molar refractivity (Wildman–Crippen MR) is 84.0 cm³/mol. The number of ether oxygens (including phenoxy) is 1. The van der Waals surface area contributed by atoms with Crippen LogP contribution in [-0.2, 0) is 7.05 Å². The van der Waals surface area contributed by atoms with Crippen LogP contribution >= 0.6 is 0 Å². The van der Waals surface area contributed by atoms with Gasteiger partial charge in [-0.1, -0.05) is 0 Å². The van der Waals surface area contributed by atoms with E-state index in [-0.39, 0.29) is 11.9 Å². The molecule has 1 amide bonds. The molecule has 122 valence electrons. The molecule has 0 aliphatic carbocycles. The molecule has 1 atom stereocenters. The lowest BCUT2D eigenvalue weighted by molar-refractivity contribution is 0.0728. The number of anilines is 1. The summed E-state index contributed by atoms with van der Waals surface area (Å²) in [6.07, 6.45) is 4.92. The zero-order valence-electron chi connectivity index (χ0n) is 13.5. The fraction of sp³-hybridized carbons (Fsp3) is 0.467. The first kappa shape index (κ1) is 15.3. The molecule has 2 aromatic heterocycles. The minimum absolute atomic E-state index is 0.0811. The second kappa shape index (κ2) is 5.86. The zero-order valence-corrected chi connectivity index (χ0v) is 13.5. The topological polar surface area (TPSA) is 99.2 Å². The van der Waals surface area contributed by atoms with Gasteiger partial charge in [-0.05, 0) is 19.8 Å². The van der Waals surface area contributed by atoms with Gasteiger partial charge >= 0.3 is 0 Å². The van der Waals surface area contributed by atoms with Crippen molar-refractivity contribution in [3.63, 3.8) is 0 Å². The number of methoxy groups -OCH3 is 1. The molecule has 0 radical (unpaired) electrons. The second-order valence-corrected chi connectivity index (χ2v) is 5.62. The maximum Gasteiger partial charge on any atom is 0.256 e. The first-order valence-corrected chi connectivity index (χ1v) is 7.49. The number of rotatable bonds is 3. The molecular formula is C15H20N6O2. The lowest BCUT2D eigenvalue weighted by atomic mass is 10.1. The fourth-order valence-corrected chi connectivity index (χ4v) is 2.92. The Morgan fingerprint density at radius 2 is 2.22 bits per heavy atom. The molecule has 0 spiro atoms. The maximum absolute atomic E-state index is 12.9. The minimum atomic E-state index is -0.156. The Hall–Kier alpha value is -2.64. The van der Waals surface area contributed by atoms with Gasteiger partial charge in [0.1, 0.15) is 5.75 Å². The van der Waals surface area contributed by atoms with Crippen molar-refractivity contribution in [1.29, 1.82) is 0 Å². The molecule has 1 aliphatic rings. The molecule has 2 aromatic rings. The summed E-state index contributed by atoms with van der Waals surface area (Å²) in [5, 5.41) is 4.32. The van der Waals surface area contributed by atoms with Crippen molar-refractivity contribution < 1.29 is 9.53 Å². The van der Waals surface area contributed by atoms with Gasteiger partial charge in [0, 0.05) is 25.4 Å². The van der Waals surface area contributed by atoms with Gasteiger partial charge in [-0.3, -0.25) is 9.78 Å². The summed E-state index contributed by atoms with van der Waals surface area (Å²) in [4.78, 5) is 23.1. The van der Waals surface area contributed by atoms with Crippen molar-refractivity contribution in [3.05, 3.63) is 29.3 Å². The molecule has 23 heavy (non-hydrogen) atoms. The van der Waals surface area contributed by atoms with E-state index in [1.54, 1.807) is 31.5 Å². The van der Waals surface area contributed by atoms with Crippen LogP contribution < -0.4 is 10.5 Å². The van der Waals surface area contributed by atoms with E-state index in [9.17, 15) is 4.79 Å². The van der Waals surface area contributed by atoms with Crippen LogP contribution in [0.5, 0.6) is 5.75 Å². The van der Waals surface area contributed by atoms with Crippen LogP contribution in [0.2, 0.25) is 0 Å². The van der Waals surface area contributed by atoms with Crippen molar-refractivity contribution in [1.82, 2.24) is 24.6 Å². The number of amides is 1. The van der Waals surface area contributed by atoms with Crippen molar-refractivity contribution in [2.24, 2.45) is 7.05 Å². The number of hydrogen-bond donors (Lipinski definition) is 1. The van der Waals surface area contributed by atoms with Crippen LogP contribution in [0.25, 0.3) is 0 Å². The lowest BCUT2D eigenvalue weighted by Gasteiger charge is -2.23. The summed E-state index contributed by atoms with van der Waals surface area (Å²) in [6, 6.07) is -0.156. The van der Waals surface area contributed by atoms with Crippen LogP contribution in [0.15, 0.2) is 12.4 Å². The van der Waals surface area contributed by atoms with E-state index in [1.807, 2.05) is 6.92 Å². The van der Waals surface area contributed by atoms with Crippen LogP contribution in [-0.4, -0.2) is 44.2 Å². The van der Waals surface area contributed by atoms with Crippen LogP contribution in [0, 0.1) is 6.92 Å². The second-order valence-electron chi connectivity index (χ2n) is 5.62. The van der Waals surface area contributed by atoms with Crippen molar-refractivity contribution in [2.45, 2.75) is 25.8 Å². The van der Waals surface area contributed by atoms with Gasteiger partial charge < -0.3 is 15.4 Å². The largest absolute Gasteiger partial charge is 0.495 e. The molecule has 0 saturated carbocycles. The van der Waals surface area contributed by atoms with E-state index < -0.39 is 0 Å². The number of likely N-dealkylation sites (tertiary alicyclic amines) is 1. The van der Waals surface area contributed by atoms with Crippen molar-refractivity contribution >= 4 is 11.9 Å². The number of pyridine rings is 1. The third kappa shape index (κ3) is 2.60. The highest BCUT2D eigenvalue weighted by atomic mass is 16.5. The SMILES string of the molecule is COc1cncc(C(=O)N2CCCC2c2nc(N)n(C)n2)c1C. The summed E-state index contributed by atoms with van der Waals surface area (Å²) >= 11 is 0. The van der Waals surface area contributed by atoms with E-state index in [0.717, 1.165) is 18.4 Å². The van der Waals surface area contributed by atoms with E-state index in [0.29, 0.717) is 29.6 Å². The average molecular weight is 316 g/mol. The molecule has 3 heterocycles. The van der Waals surface area contributed by atoms with Gasteiger partial charge in [0.15, 0.2) is 5.82 Å². The van der Waals surface area contributed by atoms with Crippen LogP contribution in [0.1, 0.15) is 40.6 Å². The van der Waals surface area contributed by atoms with Crippen molar-refractivity contribution in [2.75, 3.05) is 19.4 Å². The number of nitrogens with zero attached hydrogens (tertiary/aromatic N) is 5. The minimum Gasteiger partial charge on any atom is -0.495 e. The number of aryl methyl sites for hydroxylation is 1. The summed E-state index contributed by atoms with van der Waals surface area (Å²) in [5.74, 6) is 1.46. The summed E-state index contributed by atoms with van der Waals surface area (Å²) in [6.45, 7) is 2.52. The standard InChI is InChI=1S/C15H20N6O2/c1-9-10(7-17-8-12(9)23-3)14(22)21-6-4-5-11(21)13-18-15(16)20(2)19-13/h7-8,11H,4-6H2,1-3H3,(H2,16,18,19). The highest BCUT2D eigenvalue weighted by Gasteiger charge is 2.34. The van der Waals surface area contributed by atoms with Gasteiger partial charge in [0.25, 0.3) is 5.91 Å². The summed E-state index contributed by atoms with van der Waals surface area (Å²) < 4.78 is 6.77. The quantitative estimate of drug-likeness (QED) is 0.910. The Labute approximate surface area is 134 Å². The molecule has 0 aromatic carbocycles. The highest BCUT2D eigenvalue weighted by Crippen LogP contribution is 2.33. The Morgan fingerprint density at radius 1 is 1.43 bits per heavy atom. The van der Waals surface area contributed by atoms with Crippen LogP contribution in [0.4, 0.5) is 5.95 Å². The number of carbonyl (C=O) groups excluding carboxylic acids is 1. The van der Waals surface area contributed by atoms with Crippen molar-refractivity contribution in [3.8, 4) is 5.75 Å². The molecule has 1 saturated heterocycles. The van der Waals surface area contributed by atoms with Crippen LogP contribution in [0.3, 0.4) is 0 Å². The molecule has 2 N–H and O–H groups in total. The van der Waals surface area contributed by atoms with E-state index in [1.165, 1.54) is 4.68 Å². The number of carbonyl (C=O) groups is 1. The monoisotopic (exact) mass is 316 g/mol. The number of nitrogen functional groups attached to an aromatic ring is 1. The molecular weight excluding hydrogens is 296 g/mol. The molecule has 0 bridgehead atoms. The van der Waals surface area contributed by atoms with E-state index in [2.05, 4.69) is 15.1 Å². The molecule has 8 nitrogen and oxygen atoms in total. The maximum atomic E-state index is 12.9. The van der Waals surface area contributed by atoms with Gasteiger partial charge in [-0.15, -0.1) is 0 Å². The Bertz CT molecular complexity index is 722. The lowest BCUT2D eigenvalue weighted by Crippen LogP contribution is -2.31. The molecule has 1 aliphatic heterocycles. The molecule has 1 unspecified atom stereocenters. The molecule has 1 fully saturated rings. The zero-order chi connectivity index (χ0) is 16.6. The normalized spacial score (nSPS) is 17.5. The average Bonchev–Trinajstić information content (AvgIpc) is 3.14. The summed E-state index contributed by atoms with van der Waals surface area (Å²) in [5.41, 5.74) is 7.09. The Balaban J connectivity index is 1.92. The molecule has 3 rings (SSSR count). The first-order chi connectivity index (χ1) is 11.0. The smallest absolute Gasteiger partial charge is 0.256 e. The Morgan fingerprint density at radius 3 is 2.87 bits per heavy atom. The van der Waals surface area contributed by atoms with E-state index in [4.69, 9.17) is 10.5 Å². The summed E-state index contributed by atoms with van der Waals surface area (Å²) in [7, 11) is 3.31. The van der Waals surface area contributed by atoms with E-state index >= 15 is 0 Å². The number of hydrogen-bond acceptors (Lipinski definition) is 6.